The first kappa shape index (κ1) is 12.9. The lowest BCUT2D eigenvalue weighted by Crippen LogP contribution is -2.11. The van der Waals surface area contributed by atoms with E-state index in [1.165, 1.54) is 11.8 Å². The molecule has 2 aromatic rings. The van der Waals surface area contributed by atoms with Crippen LogP contribution >= 0.6 is 11.7 Å². The standard InChI is InChI=1S/C14H16N2OS/c1-14(2,3)11-6-4-10(5-7-11)8-13(17)12-9-15-18-16-12/h4-7,9H,8H2,1-3H3. The normalized spacial score (nSPS) is 11.5. The molecule has 0 fully saturated rings. The molecule has 0 aliphatic rings. The number of hydrogen-bond donors (Lipinski definition) is 0. The van der Waals surface area contributed by atoms with Gasteiger partial charge in [0.1, 0.15) is 5.69 Å². The summed E-state index contributed by atoms with van der Waals surface area (Å²) in [6.45, 7) is 6.52. The summed E-state index contributed by atoms with van der Waals surface area (Å²) in [6, 6.07) is 8.19. The highest BCUT2D eigenvalue weighted by molar-refractivity contribution is 6.99. The van der Waals surface area contributed by atoms with Gasteiger partial charge in [-0.3, -0.25) is 4.79 Å². The minimum absolute atomic E-state index is 0.0206. The molecule has 94 valence electrons. The number of rotatable bonds is 3. The maximum atomic E-state index is 11.9. The van der Waals surface area contributed by atoms with Crippen LogP contribution in [0, 0.1) is 0 Å². The van der Waals surface area contributed by atoms with E-state index in [4.69, 9.17) is 0 Å². The van der Waals surface area contributed by atoms with Crippen LogP contribution in [0.15, 0.2) is 30.5 Å². The van der Waals surface area contributed by atoms with Gasteiger partial charge in [0.15, 0.2) is 5.78 Å². The van der Waals surface area contributed by atoms with Crippen molar-refractivity contribution in [3.63, 3.8) is 0 Å². The summed E-state index contributed by atoms with van der Waals surface area (Å²) in [5, 5.41) is 0. The summed E-state index contributed by atoms with van der Waals surface area (Å²) in [5.74, 6) is 0.0206. The maximum absolute atomic E-state index is 11.9. The maximum Gasteiger partial charge on any atom is 0.188 e. The van der Waals surface area contributed by atoms with Crippen molar-refractivity contribution in [3.05, 3.63) is 47.3 Å². The molecule has 0 N–H and O–H groups in total. The molecule has 2 rings (SSSR count). The first-order chi connectivity index (χ1) is 8.47. The van der Waals surface area contributed by atoms with Crippen LogP contribution in [-0.2, 0) is 11.8 Å². The van der Waals surface area contributed by atoms with Crippen LogP contribution in [0.2, 0.25) is 0 Å². The van der Waals surface area contributed by atoms with Crippen LogP contribution in [0.5, 0.6) is 0 Å². The molecule has 0 aliphatic heterocycles. The van der Waals surface area contributed by atoms with Gasteiger partial charge in [0.05, 0.1) is 17.9 Å². The first-order valence-corrected chi connectivity index (χ1v) is 6.60. The Hall–Kier alpha value is -1.55. The van der Waals surface area contributed by atoms with Gasteiger partial charge in [-0.25, -0.2) is 0 Å². The molecule has 0 amide bonds. The van der Waals surface area contributed by atoms with Gasteiger partial charge in [0.2, 0.25) is 0 Å². The minimum Gasteiger partial charge on any atom is -0.292 e. The summed E-state index contributed by atoms with van der Waals surface area (Å²) in [4.78, 5) is 11.9. The van der Waals surface area contributed by atoms with Gasteiger partial charge >= 0.3 is 0 Å². The molecular weight excluding hydrogens is 244 g/mol. The van der Waals surface area contributed by atoms with Gasteiger partial charge in [-0.1, -0.05) is 45.0 Å². The van der Waals surface area contributed by atoms with Crippen LogP contribution in [0.25, 0.3) is 0 Å². The zero-order valence-corrected chi connectivity index (χ0v) is 11.6. The van der Waals surface area contributed by atoms with Crippen LogP contribution in [-0.4, -0.2) is 14.5 Å². The molecule has 0 radical (unpaired) electrons. The van der Waals surface area contributed by atoms with E-state index in [2.05, 4.69) is 41.7 Å². The lowest BCUT2D eigenvalue weighted by atomic mass is 9.86. The highest BCUT2D eigenvalue weighted by atomic mass is 32.1. The van der Waals surface area contributed by atoms with Gasteiger partial charge in [-0.05, 0) is 16.5 Å². The molecule has 0 aliphatic carbocycles. The van der Waals surface area contributed by atoms with Gasteiger partial charge in [-0.15, -0.1) is 0 Å². The lowest BCUT2D eigenvalue weighted by Gasteiger charge is -2.19. The smallest absolute Gasteiger partial charge is 0.188 e. The highest BCUT2D eigenvalue weighted by Gasteiger charge is 2.14. The van der Waals surface area contributed by atoms with Crippen LogP contribution < -0.4 is 0 Å². The SMILES string of the molecule is CC(C)(C)c1ccc(CC(=O)c2cnsn2)cc1. The summed E-state index contributed by atoms with van der Waals surface area (Å²) in [5.41, 5.74) is 2.89. The average molecular weight is 260 g/mol. The Morgan fingerprint density at radius 2 is 1.89 bits per heavy atom. The predicted octanol–water partition coefficient (Wildman–Crippen LogP) is 3.26. The Morgan fingerprint density at radius 1 is 1.22 bits per heavy atom. The fourth-order valence-corrected chi connectivity index (χ4v) is 2.12. The van der Waals surface area contributed by atoms with E-state index in [0.29, 0.717) is 12.1 Å². The Kier molecular flexibility index (Phi) is 3.57. The van der Waals surface area contributed by atoms with Crippen molar-refractivity contribution in [3.8, 4) is 0 Å². The number of benzene rings is 1. The van der Waals surface area contributed by atoms with E-state index in [-0.39, 0.29) is 11.2 Å². The number of ketones is 1. The van der Waals surface area contributed by atoms with E-state index >= 15 is 0 Å². The van der Waals surface area contributed by atoms with Crippen LogP contribution in [0.1, 0.15) is 42.4 Å². The molecule has 1 aromatic carbocycles. The van der Waals surface area contributed by atoms with Crippen LogP contribution in [0.4, 0.5) is 0 Å². The van der Waals surface area contributed by atoms with Crippen molar-refractivity contribution in [2.75, 3.05) is 0 Å². The molecule has 18 heavy (non-hydrogen) atoms. The Bertz CT molecular complexity index is 524. The van der Waals surface area contributed by atoms with Crippen LogP contribution in [0.3, 0.4) is 0 Å². The number of nitrogens with zero attached hydrogens (tertiary/aromatic N) is 2. The van der Waals surface area contributed by atoms with Gasteiger partial charge in [-0.2, -0.15) is 8.75 Å². The molecule has 0 unspecified atom stereocenters. The first-order valence-electron chi connectivity index (χ1n) is 5.87. The van der Waals surface area contributed by atoms with E-state index < -0.39 is 0 Å². The third kappa shape index (κ3) is 3.01. The van der Waals surface area contributed by atoms with Crippen molar-refractivity contribution < 1.29 is 4.79 Å². The fourth-order valence-electron chi connectivity index (χ4n) is 1.69. The summed E-state index contributed by atoms with van der Waals surface area (Å²) >= 11 is 1.06. The fraction of sp³-hybridized carbons (Fsp3) is 0.357. The number of Topliss-reactive ketones (excluding diaryl/α,β-unsaturated/α-hetero) is 1. The van der Waals surface area contributed by atoms with Crippen molar-refractivity contribution in [1.82, 2.24) is 8.75 Å². The van der Waals surface area contributed by atoms with E-state index in [0.717, 1.165) is 17.3 Å². The minimum atomic E-state index is 0.0206. The van der Waals surface area contributed by atoms with Crippen molar-refractivity contribution in [2.45, 2.75) is 32.6 Å². The van der Waals surface area contributed by atoms with Crippen molar-refractivity contribution in [2.24, 2.45) is 0 Å². The summed E-state index contributed by atoms with van der Waals surface area (Å²) in [6.07, 6.45) is 1.91. The topological polar surface area (TPSA) is 42.9 Å². The quantitative estimate of drug-likeness (QED) is 0.795. The third-order valence-corrected chi connectivity index (χ3v) is 3.31. The molecule has 3 nitrogen and oxygen atoms in total. The Labute approximate surface area is 111 Å². The second kappa shape index (κ2) is 4.98. The molecule has 1 heterocycles. The zero-order valence-electron chi connectivity index (χ0n) is 10.8. The number of carbonyl (C=O) groups excluding carboxylic acids is 1. The van der Waals surface area contributed by atoms with Crippen molar-refractivity contribution in [1.29, 1.82) is 0 Å². The number of hydrogen-bond acceptors (Lipinski definition) is 4. The molecular formula is C14H16N2OS. The monoisotopic (exact) mass is 260 g/mol. The van der Waals surface area contributed by atoms with Gasteiger partial charge in [0, 0.05) is 6.42 Å². The summed E-state index contributed by atoms with van der Waals surface area (Å²) < 4.78 is 7.79. The molecule has 0 saturated carbocycles. The summed E-state index contributed by atoms with van der Waals surface area (Å²) in [7, 11) is 0. The van der Waals surface area contributed by atoms with Crippen molar-refractivity contribution >= 4 is 17.5 Å². The number of carbonyl (C=O) groups is 1. The molecule has 1 aromatic heterocycles. The number of aromatic nitrogens is 2. The van der Waals surface area contributed by atoms with E-state index in [9.17, 15) is 4.79 Å². The second-order valence-electron chi connectivity index (χ2n) is 5.34. The zero-order chi connectivity index (χ0) is 13.2. The average Bonchev–Trinajstić information content (AvgIpc) is 2.82. The van der Waals surface area contributed by atoms with Gasteiger partial charge < -0.3 is 0 Å². The van der Waals surface area contributed by atoms with E-state index in [1.807, 2.05) is 12.1 Å². The second-order valence-corrected chi connectivity index (χ2v) is 5.90. The molecule has 0 saturated heterocycles. The third-order valence-electron chi connectivity index (χ3n) is 2.83. The molecule has 0 spiro atoms. The molecule has 0 atom stereocenters. The highest BCUT2D eigenvalue weighted by Crippen LogP contribution is 2.22. The Morgan fingerprint density at radius 3 is 2.39 bits per heavy atom. The predicted molar refractivity (Wildman–Crippen MR) is 73.1 cm³/mol. The largest absolute Gasteiger partial charge is 0.292 e. The molecule has 0 bridgehead atoms. The lowest BCUT2D eigenvalue weighted by molar-refractivity contribution is 0.0989. The van der Waals surface area contributed by atoms with Gasteiger partial charge in [0.25, 0.3) is 0 Å². The van der Waals surface area contributed by atoms with E-state index in [1.54, 1.807) is 0 Å². The molecule has 4 heteroatoms. The Balaban J connectivity index is 2.09.